The molecule has 7 heteroatoms. The van der Waals surface area contributed by atoms with E-state index in [2.05, 4.69) is 5.32 Å². The Morgan fingerprint density at radius 2 is 1.64 bits per heavy atom. The van der Waals surface area contributed by atoms with Crippen molar-refractivity contribution >= 4 is 11.6 Å². The molecule has 0 aliphatic rings. The predicted molar refractivity (Wildman–Crippen MR) is 99.3 cm³/mol. The summed E-state index contributed by atoms with van der Waals surface area (Å²) >= 11 is 0. The summed E-state index contributed by atoms with van der Waals surface area (Å²) in [6.07, 6.45) is -3.00. The van der Waals surface area contributed by atoms with Gasteiger partial charge in [0.15, 0.2) is 0 Å². The fourth-order valence-corrected chi connectivity index (χ4v) is 2.86. The molecule has 3 rings (SSSR count). The van der Waals surface area contributed by atoms with Crippen molar-refractivity contribution in [3.63, 3.8) is 0 Å². The number of anilines is 1. The Labute approximate surface area is 160 Å². The zero-order valence-electron chi connectivity index (χ0n) is 14.9. The van der Waals surface area contributed by atoms with Crippen molar-refractivity contribution in [1.82, 2.24) is 4.90 Å². The summed E-state index contributed by atoms with van der Waals surface area (Å²) in [5, 5.41) is 2.38. The monoisotopic (exact) mass is 388 g/mol. The summed E-state index contributed by atoms with van der Waals surface area (Å²) in [6, 6.07) is 18.0. The van der Waals surface area contributed by atoms with Gasteiger partial charge in [-0.3, -0.25) is 9.69 Å². The van der Waals surface area contributed by atoms with Crippen LogP contribution in [0.4, 0.5) is 18.9 Å². The normalized spacial score (nSPS) is 11.6. The number of nitrogens with zero attached hydrogens (tertiary/aromatic N) is 1. The quantitative estimate of drug-likeness (QED) is 0.624. The van der Waals surface area contributed by atoms with Gasteiger partial charge in [0.05, 0.1) is 30.6 Å². The molecular formula is C21H19F3N2O2. The first-order chi connectivity index (χ1) is 13.4. The maximum absolute atomic E-state index is 13.1. The molecule has 0 saturated carbocycles. The van der Waals surface area contributed by atoms with Gasteiger partial charge >= 0.3 is 6.18 Å². The van der Waals surface area contributed by atoms with Gasteiger partial charge in [0.1, 0.15) is 5.76 Å². The van der Waals surface area contributed by atoms with E-state index in [9.17, 15) is 18.0 Å². The lowest BCUT2D eigenvalue weighted by molar-refractivity contribution is -0.137. The highest BCUT2D eigenvalue weighted by Crippen LogP contribution is 2.34. The third kappa shape index (κ3) is 5.47. The van der Waals surface area contributed by atoms with E-state index in [1.807, 2.05) is 30.3 Å². The van der Waals surface area contributed by atoms with Crippen LogP contribution in [0.15, 0.2) is 77.4 Å². The molecule has 1 amide bonds. The van der Waals surface area contributed by atoms with Crippen molar-refractivity contribution in [2.75, 3.05) is 11.9 Å². The minimum Gasteiger partial charge on any atom is -0.468 e. The lowest BCUT2D eigenvalue weighted by Gasteiger charge is -2.21. The van der Waals surface area contributed by atoms with Crippen LogP contribution in [-0.4, -0.2) is 17.4 Å². The van der Waals surface area contributed by atoms with Gasteiger partial charge in [-0.05, 0) is 29.8 Å². The van der Waals surface area contributed by atoms with Crippen LogP contribution in [-0.2, 0) is 24.1 Å². The van der Waals surface area contributed by atoms with Crippen LogP contribution in [0.3, 0.4) is 0 Å². The third-order valence-electron chi connectivity index (χ3n) is 4.08. The molecule has 0 bridgehead atoms. The molecule has 4 nitrogen and oxygen atoms in total. The van der Waals surface area contributed by atoms with Crippen molar-refractivity contribution < 1.29 is 22.4 Å². The van der Waals surface area contributed by atoms with Crippen LogP contribution in [0.1, 0.15) is 16.9 Å². The first kappa shape index (κ1) is 19.7. The zero-order chi connectivity index (χ0) is 20.0. The summed E-state index contributed by atoms with van der Waals surface area (Å²) in [6.45, 7) is 0.730. The molecule has 2 aromatic carbocycles. The van der Waals surface area contributed by atoms with Crippen molar-refractivity contribution in [3.05, 3.63) is 89.9 Å². The van der Waals surface area contributed by atoms with Crippen molar-refractivity contribution in [2.45, 2.75) is 19.3 Å². The minimum absolute atomic E-state index is 0.0816. The molecule has 146 valence electrons. The number of benzene rings is 2. The largest absolute Gasteiger partial charge is 0.468 e. The second-order valence-corrected chi connectivity index (χ2v) is 6.30. The van der Waals surface area contributed by atoms with Crippen LogP contribution >= 0.6 is 0 Å². The summed E-state index contributed by atoms with van der Waals surface area (Å²) < 4.78 is 44.7. The van der Waals surface area contributed by atoms with Gasteiger partial charge in [-0.1, -0.05) is 42.5 Å². The Morgan fingerprint density at radius 3 is 2.32 bits per heavy atom. The molecule has 1 heterocycles. The molecule has 0 atom stereocenters. The van der Waals surface area contributed by atoms with E-state index in [1.165, 1.54) is 24.5 Å². The van der Waals surface area contributed by atoms with E-state index in [0.717, 1.165) is 11.6 Å². The van der Waals surface area contributed by atoms with E-state index >= 15 is 0 Å². The maximum atomic E-state index is 13.1. The molecule has 0 radical (unpaired) electrons. The fraction of sp³-hybridized carbons (Fsp3) is 0.190. The lowest BCUT2D eigenvalue weighted by Crippen LogP contribution is -2.33. The number of alkyl halides is 3. The third-order valence-corrected chi connectivity index (χ3v) is 4.08. The first-order valence-corrected chi connectivity index (χ1v) is 8.66. The number of halogens is 3. The Hall–Kier alpha value is -3.06. The maximum Gasteiger partial charge on any atom is 0.418 e. The number of carbonyl (C=O) groups is 1. The van der Waals surface area contributed by atoms with Gasteiger partial charge < -0.3 is 9.73 Å². The Bertz CT molecular complexity index is 894. The molecule has 0 aliphatic carbocycles. The van der Waals surface area contributed by atoms with Gasteiger partial charge in [0, 0.05) is 6.54 Å². The van der Waals surface area contributed by atoms with Crippen molar-refractivity contribution in [2.24, 2.45) is 0 Å². The standard InChI is InChI=1S/C21H19F3N2O2/c22-21(23,24)18-10-4-5-11-19(18)25-20(27)15-26(14-17-9-6-12-28-17)13-16-7-2-1-3-8-16/h1-12H,13-15H2,(H,25,27). The molecule has 28 heavy (non-hydrogen) atoms. The number of para-hydroxylation sites is 1. The van der Waals surface area contributed by atoms with Crippen LogP contribution < -0.4 is 5.32 Å². The van der Waals surface area contributed by atoms with Crippen molar-refractivity contribution in [1.29, 1.82) is 0 Å². The smallest absolute Gasteiger partial charge is 0.418 e. The van der Waals surface area contributed by atoms with Gasteiger partial charge in [0.2, 0.25) is 5.91 Å². The Kier molecular flexibility index (Phi) is 6.16. The molecule has 0 saturated heterocycles. The van der Waals surface area contributed by atoms with E-state index in [-0.39, 0.29) is 12.2 Å². The minimum atomic E-state index is -4.54. The molecule has 3 aromatic rings. The van der Waals surface area contributed by atoms with Gasteiger partial charge in [0.25, 0.3) is 0 Å². The highest BCUT2D eigenvalue weighted by atomic mass is 19.4. The topological polar surface area (TPSA) is 45.5 Å². The Balaban J connectivity index is 1.72. The number of furan rings is 1. The predicted octanol–water partition coefficient (Wildman–Crippen LogP) is 4.94. The number of amides is 1. The second kappa shape index (κ2) is 8.75. The summed E-state index contributed by atoms with van der Waals surface area (Å²) in [4.78, 5) is 14.3. The Morgan fingerprint density at radius 1 is 0.929 bits per heavy atom. The van der Waals surface area contributed by atoms with E-state index in [1.54, 1.807) is 17.0 Å². The molecule has 0 aliphatic heterocycles. The number of carbonyl (C=O) groups excluding carboxylic acids is 1. The highest BCUT2D eigenvalue weighted by Gasteiger charge is 2.33. The van der Waals surface area contributed by atoms with Crippen LogP contribution in [0.2, 0.25) is 0 Å². The molecule has 0 spiro atoms. The molecule has 0 fully saturated rings. The summed E-state index contributed by atoms with van der Waals surface area (Å²) in [5.74, 6) is 0.138. The summed E-state index contributed by atoms with van der Waals surface area (Å²) in [7, 11) is 0. The zero-order valence-corrected chi connectivity index (χ0v) is 14.9. The number of hydrogen-bond acceptors (Lipinski definition) is 3. The highest BCUT2D eigenvalue weighted by molar-refractivity contribution is 5.93. The molecule has 0 unspecified atom stereocenters. The average molecular weight is 388 g/mol. The number of rotatable bonds is 7. The van der Waals surface area contributed by atoms with Gasteiger partial charge in [-0.15, -0.1) is 0 Å². The van der Waals surface area contributed by atoms with Gasteiger partial charge in [-0.25, -0.2) is 0 Å². The molecule has 1 aromatic heterocycles. The van der Waals surface area contributed by atoms with Crippen molar-refractivity contribution in [3.8, 4) is 0 Å². The molecular weight excluding hydrogens is 369 g/mol. The van der Waals surface area contributed by atoms with Gasteiger partial charge in [-0.2, -0.15) is 13.2 Å². The van der Waals surface area contributed by atoms with E-state index in [4.69, 9.17) is 4.42 Å². The van der Waals surface area contributed by atoms with Crippen LogP contribution in [0, 0.1) is 0 Å². The summed E-state index contributed by atoms with van der Waals surface area (Å²) in [5.41, 5.74) is -0.140. The SMILES string of the molecule is O=C(CN(Cc1ccccc1)Cc1ccco1)Nc1ccccc1C(F)(F)F. The second-order valence-electron chi connectivity index (χ2n) is 6.30. The van der Waals surface area contributed by atoms with E-state index in [0.29, 0.717) is 18.8 Å². The first-order valence-electron chi connectivity index (χ1n) is 8.66. The van der Waals surface area contributed by atoms with Crippen LogP contribution in [0.25, 0.3) is 0 Å². The van der Waals surface area contributed by atoms with Crippen LogP contribution in [0.5, 0.6) is 0 Å². The van der Waals surface area contributed by atoms with E-state index < -0.39 is 17.6 Å². The number of hydrogen-bond donors (Lipinski definition) is 1. The molecule has 1 N–H and O–H groups in total. The average Bonchev–Trinajstić information content (AvgIpc) is 3.15. The fourth-order valence-electron chi connectivity index (χ4n) is 2.86. The lowest BCUT2D eigenvalue weighted by atomic mass is 10.1. The number of nitrogens with one attached hydrogen (secondary N) is 1.